The maximum absolute atomic E-state index is 6.10. The normalized spacial score (nSPS) is 10.9. The molecule has 1 heteroatoms. The lowest BCUT2D eigenvalue weighted by Crippen LogP contribution is -1.97. The van der Waals surface area contributed by atoms with Crippen molar-refractivity contribution in [3.8, 4) is 0 Å². The van der Waals surface area contributed by atoms with Crippen LogP contribution in [-0.2, 0) is 6.42 Å². The maximum atomic E-state index is 6.10. The first-order valence-electron chi connectivity index (χ1n) is 8.59. The smallest absolute Gasteiger partial charge is 0.0376 e. The summed E-state index contributed by atoms with van der Waals surface area (Å²) in [5, 5.41) is 0. The number of rotatable bonds is 11. The highest BCUT2D eigenvalue weighted by atomic mass is 14.6. The lowest BCUT2D eigenvalue weighted by atomic mass is 10.0. The molecule has 0 saturated heterocycles. The predicted molar refractivity (Wildman–Crippen MR) is 91.1 cm³/mol. The monoisotopic (exact) mass is 275 g/mol. The minimum absolute atomic E-state index is 1.00. The maximum Gasteiger partial charge on any atom is 0.0376 e. The fourth-order valence-corrected chi connectivity index (χ4v) is 2.76. The Morgan fingerprint density at radius 1 is 0.800 bits per heavy atom. The number of hydrogen-bond acceptors (Lipinski definition) is 1. The number of para-hydroxylation sites is 1. The number of hydrogen-bond donors (Lipinski definition) is 1. The molecular formula is C19H33N. The summed E-state index contributed by atoms with van der Waals surface area (Å²) in [4.78, 5) is 0. The lowest BCUT2D eigenvalue weighted by molar-refractivity contribution is 0.556. The van der Waals surface area contributed by atoms with Crippen LogP contribution >= 0.6 is 0 Å². The molecular weight excluding hydrogens is 242 g/mol. The molecule has 2 N–H and O–H groups in total. The Morgan fingerprint density at radius 3 is 1.95 bits per heavy atom. The van der Waals surface area contributed by atoms with Crippen molar-refractivity contribution in [3.05, 3.63) is 29.3 Å². The molecule has 0 aliphatic heterocycles. The second-order valence-corrected chi connectivity index (χ2v) is 6.08. The van der Waals surface area contributed by atoms with Crippen molar-refractivity contribution in [2.45, 2.75) is 84.5 Å². The molecule has 0 atom stereocenters. The van der Waals surface area contributed by atoms with Crippen LogP contribution in [0, 0.1) is 6.92 Å². The minimum atomic E-state index is 1.00. The highest BCUT2D eigenvalue weighted by molar-refractivity contribution is 5.53. The second kappa shape index (κ2) is 10.8. The molecule has 114 valence electrons. The molecule has 20 heavy (non-hydrogen) atoms. The molecule has 0 radical (unpaired) electrons. The summed E-state index contributed by atoms with van der Waals surface area (Å²) in [5.74, 6) is 0. The number of unbranched alkanes of at least 4 members (excludes halogenated alkanes) is 9. The van der Waals surface area contributed by atoms with Crippen LogP contribution < -0.4 is 5.73 Å². The van der Waals surface area contributed by atoms with Crippen LogP contribution in [0.5, 0.6) is 0 Å². The topological polar surface area (TPSA) is 26.0 Å². The van der Waals surface area contributed by atoms with Gasteiger partial charge in [0, 0.05) is 5.69 Å². The summed E-state index contributed by atoms with van der Waals surface area (Å²) in [6, 6.07) is 6.39. The summed E-state index contributed by atoms with van der Waals surface area (Å²) in [7, 11) is 0. The molecule has 0 aliphatic rings. The molecule has 0 bridgehead atoms. The Morgan fingerprint density at radius 2 is 1.35 bits per heavy atom. The number of aryl methyl sites for hydroxylation is 2. The first kappa shape index (κ1) is 17.1. The lowest BCUT2D eigenvalue weighted by Gasteiger charge is -2.08. The third-order valence-corrected chi connectivity index (χ3v) is 4.21. The van der Waals surface area contributed by atoms with Crippen molar-refractivity contribution < 1.29 is 0 Å². The SMILES string of the molecule is CCCCCCCCCCCCc1cccc(C)c1N. The van der Waals surface area contributed by atoms with Crippen molar-refractivity contribution in [1.82, 2.24) is 0 Å². The van der Waals surface area contributed by atoms with E-state index in [0.717, 1.165) is 12.1 Å². The Hall–Kier alpha value is -0.980. The van der Waals surface area contributed by atoms with Crippen molar-refractivity contribution in [2.24, 2.45) is 0 Å². The average molecular weight is 275 g/mol. The van der Waals surface area contributed by atoms with Gasteiger partial charge in [-0.3, -0.25) is 0 Å². The van der Waals surface area contributed by atoms with E-state index in [1.165, 1.54) is 75.3 Å². The molecule has 0 spiro atoms. The molecule has 0 fully saturated rings. The van der Waals surface area contributed by atoms with E-state index in [9.17, 15) is 0 Å². The molecule has 0 aromatic heterocycles. The van der Waals surface area contributed by atoms with Crippen molar-refractivity contribution in [1.29, 1.82) is 0 Å². The molecule has 1 nitrogen and oxygen atoms in total. The van der Waals surface area contributed by atoms with Gasteiger partial charge in [-0.05, 0) is 30.9 Å². The van der Waals surface area contributed by atoms with Crippen LogP contribution in [0.25, 0.3) is 0 Å². The van der Waals surface area contributed by atoms with Gasteiger partial charge in [0.2, 0.25) is 0 Å². The first-order valence-corrected chi connectivity index (χ1v) is 8.59. The van der Waals surface area contributed by atoms with Crippen molar-refractivity contribution in [2.75, 3.05) is 5.73 Å². The average Bonchev–Trinajstić information content (AvgIpc) is 2.45. The van der Waals surface area contributed by atoms with Gasteiger partial charge in [0.1, 0.15) is 0 Å². The Balaban J connectivity index is 1.98. The minimum Gasteiger partial charge on any atom is -0.398 e. The summed E-state index contributed by atoms with van der Waals surface area (Å²) in [5.41, 5.74) is 9.66. The van der Waals surface area contributed by atoms with E-state index in [2.05, 4.69) is 32.0 Å². The van der Waals surface area contributed by atoms with E-state index in [1.54, 1.807) is 0 Å². The fraction of sp³-hybridized carbons (Fsp3) is 0.684. The number of anilines is 1. The largest absolute Gasteiger partial charge is 0.398 e. The number of nitrogen functional groups attached to an aromatic ring is 1. The van der Waals surface area contributed by atoms with E-state index >= 15 is 0 Å². The molecule has 1 aromatic rings. The van der Waals surface area contributed by atoms with Gasteiger partial charge in [-0.15, -0.1) is 0 Å². The van der Waals surface area contributed by atoms with E-state index in [0.29, 0.717) is 0 Å². The number of nitrogens with two attached hydrogens (primary N) is 1. The number of benzene rings is 1. The zero-order chi connectivity index (χ0) is 14.6. The third-order valence-electron chi connectivity index (χ3n) is 4.21. The van der Waals surface area contributed by atoms with Crippen LogP contribution in [0.15, 0.2) is 18.2 Å². The fourth-order valence-electron chi connectivity index (χ4n) is 2.76. The molecule has 1 aromatic carbocycles. The molecule has 0 saturated carbocycles. The second-order valence-electron chi connectivity index (χ2n) is 6.08. The third kappa shape index (κ3) is 6.98. The summed E-state index contributed by atoms with van der Waals surface area (Å²) < 4.78 is 0. The van der Waals surface area contributed by atoms with E-state index in [-0.39, 0.29) is 0 Å². The van der Waals surface area contributed by atoms with Gasteiger partial charge in [0.05, 0.1) is 0 Å². The Labute approximate surface area is 126 Å². The highest BCUT2D eigenvalue weighted by Crippen LogP contribution is 2.19. The molecule has 0 amide bonds. The van der Waals surface area contributed by atoms with Gasteiger partial charge in [-0.1, -0.05) is 82.9 Å². The molecule has 1 rings (SSSR count). The molecule has 0 aliphatic carbocycles. The van der Waals surface area contributed by atoms with Gasteiger partial charge in [0.15, 0.2) is 0 Å². The van der Waals surface area contributed by atoms with E-state index < -0.39 is 0 Å². The standard InChI is InChI=1S/C19H33N/c1-3-4-5-6-7-8-9-10-11-12-15-18-16-13-14-17(2)19(18)20/h13-14,16H,3-12,15,20H2,1-2H3. The summed E-state index contributed by atoms with van der Waals surface area (Å²) >= 11 is 0. The Bertz CT molecular complexity index is 357. The van der Waals surface area contributed by atoms with Crippen LogP contribution in [0.1, 0.15) is 82.3 Å². The highest BCUT2D eigenvalue weighted by Gasteiger charge is 2.01. The van der Waals surface area contributed by atoms with Crippen LogP contribution in [0.2, 0.25) is 0 Å². The van der Waals surface area contributed by atoms with Gasteiger partial charge in [-0.2, -0.15) is 0 Å². The van der Waals surface area contributed by atoms with Crippen LogP contribution in [0.4, 0.5) is 5.69 Å². The molecule has 0 unspecified atom stereocenters. The van der Waals surface area contributed by atoms with Gasteiger partial charge in [0.25, 0.3) is 0 Å². The van der Waals surface area contributed by atoms with Crippen LogP contribution in [-0.4, -0.2) is 0 Å². The predicted octanol–water partition coefficient (Wildman–Crippen LogP) is 6.04. The van der Waals surface area contributed by atoms with Crippen molar-refractivity contribution >= 4 is 5.69 Å². The zero-order valence-corrected chi connectivity index (χ0v) is 13.6. The first-order chi connectivity index (χ1) is 9.75. The summed E-state index contributed by atoms with van der Waals surface area (Å²) in [6.45, 7) is 4.37. The Kier molecular flexibility index (Phi) is 9.19. The van der Waals surface area contributed by atoms with Gasteiger partial charge < -0.3 is 5.73 Å². The van der Waals surface area contributed by atoms with E-state index in [1.807, 2.05) is 0 Å². The van der Waals surface area contributed by atoms with E-state index in [4.69, 9.17) is 5.73 Å². The van der Waals surface area contributed by atoms with Crippen molar-refractivity contribution in [3.63, 3.8) is 0 Å². The quantitative estimate of drug-likeness (QED) is 0.386. The zero-order valence-electron chi connectivity index (χ0n) is 13.6. The van der Waals surface area contributed by atoms with Crippen LogP contribution in [0.3, 0.4) is 0 Å². The van der Waals surface area contributed by atoms with Gasteiger partial charge in [-0.25, -0.2) is 0 Å². The van der Waals surface area contributed by atoms with Gasteiger partial charge >= 0.3 is 0 Å². The molecule has 0 heterocycles. The summed E-state index contributed by atoms with van der Waals surface area (Å²) in [6.07, 6.45) is 15.1.